The summed E-state index contributed by atoms with van der Waals surface area (Å²) in [5.74, 6) is 3.19. The quantitative estimate of drug-likeness (QED) is 0.879. The number of hydrogen-bond donors (Lipinski definition) is 1. The molecule has 1 N–H and O–H groups in total. The van der Waals surface area contributed by atoms with Crippen molar-refractivity contribution in [3.05, 3.63) is 34.3 Å². The van der Waals surface area contributed by atoms with Gasteiger partial charge in [-0.15, -0.1) is 0 Å². The van der Waals surface area contributed by atoms with E-state index < -0.39 is 0 Å². The highest BCUT2D eigenvalue weighted by atomic mass is 32.1. The van der Waals surface area contributed by atoms with Crippen LogP contribution in [0.2, 0.25) is 0 Å². The minimum atomic E-state index is 0.333. The molecule has 0 bridgehead atoms. The summed E-state index contributed by atoms with van der Waals surface area (Å²) < 4.78 is 0. The van der Waals surface area contributed by atoms with E-state index in [-0.39, 0.29) is 0 Å². The van der Waals surface area contributed by atoms with Gasteiger partial charge in [0.25, 0.3) is 0 Å². The Labute approximate surface area is 130 Å². The number of hydrogen-bond acceptors (Lipinski definition) is 5. The SMILES string of the molecule is CNc1cc(N(Cc2ccsc2)C2CC2)nc(C(C)C)n1. The molecule has 0 radical (unpaired) electrons. The molecule has 21 heavy (non-hydrogen) atoms. The molecule has 0 aliphatic heterocycles. The van der Waals surface area contributed by atoms with Crippen molar-refractivity contribution in [2.45, 2.75) is 45.2 Å². The second kappa shape index (κ2) is 6.02. The lowest BCUT2D eigenvalue weighted by Crippen LogP contribution is -2.26. The fraction of sp³-hybridized carbons (Fsp3) is 0.500. The maximum Gasteiger partial charge on any atom is 0.135 e. The number of rotatable bonds is 6. The molecule has 0 saturated heterocycles. The van der Waals surface area contributed by atoms with Gasteiger partial charge in [0.2, 0.25) is 0 Å². The monoisotopic (exact) mass is 302 g/mol. The molecule has 112 valence electrons. The Kier molecular flexibility index (Phi) is 4.10. The normalized spacial score (nSPS) is 14.5. The number of nitrogens with one attached hydrogen (secondary N) is 1. The summed E-state index contributed by atoms with van der Waals surface area (Å²) in [5, 5.41) is 7.52. The van der Waals surface area contributed by atoms with Crippen LogP contribution in [0.1, 0.15) is 44.0 Å². The van der Waals surface area contributed by atoms with Gasteiger partial charge in [0.15, 0.2) is 0 Å². The molecule has 4 nitrogen and oxygen atoms in total. The summed E-state index contributed by atoms with van der Waals surface area (Å²) in [4.78, 5) is 11.8. The van der Waals surface area contributed by atoms with Crippen LogP contribution in [-0.2, 0) is 6.54 Å². The fourth-order valence-electron chi connectivity index (χ4n) is 2.35. The first-order chi connectivity index (χ1) is 10.2. The lowest BCUT2D eigenvalue weighted by Gasteiger charge is -2.24. The highest BCUT2D eigenvalue weighted by Crippen LogP contribution is 2.33. The molecular weight excluding hydrogens is 280 g/mol. The molecule has 1 aliphatic carbocycles. The van der Waals surface area contributed by atoms with Crippen molar-refractivity contribution in [1.29, 1.82) is 0 Å². The molecular formula is C16H22N4S. The summed E-state index contributed by atoms with van der Waals surface area (Å²) in [7, 11) is 1.91. The third kappa shape index (κ3) is 3.35. The smallest absolute Gasteiger partial charge is 0.135 e. The van der Waals surface area contributed by atoms with Gasteiger partial charge >= 0.3 is 0 Å². The van der Waals surface area contributed by atoms with Gasteiger partial charge in [0.05, 0.1) is 0 Å². The molecule has 2 heterocycles. The number of nitrogens with zero attached hydrogens (tertiary/aromatic N) is 3. The molecule has 1 fully saturated rings. The van der Waals surface area contributed by atoms with Gasteiger partial charge in [0.1, 0.15) is 17.5 Å². The van der Waals surface area contributed by atoms with Crippen LogP contribution in [0.15, 0.2) is 22.9 Å². The van der Waals surface area contributed by atoms with Crippen LogP contribution in [0.25, 0.3) is 0 Å². The van der Waals surface area contributed by atoms with Crippen LogP contribution >= 0.6 is 11.3 Å². The van der Waals surface area contributed by atoms with E-state index in [2.05, 4.69) is 51.9 Å². The molecule has 0 spiro atoms. The zero-order valence-corrected chi connectivity index (χ0v) is 13.7. The molecule has 1 saturated carbocycles. The molecule has 0 unspecified atom stereocenters. The van der Waals surface area contributed by atoms with Gasteiger partial charge in [-0.05, 0) is 35.2 Å². The second-order valence-corrected chi connectivity index (χ2v) is 6.64. The highest BCUT2D eigenvalue weighted by molar-refractivity contribution is 7.07. The first-order valence-corrected chi connectivity index (χ1v) is 8.46. The summed E-state index contributed by atoms with van der Waals surface area (Å²) >= 11 is 1.75. The molecule has 3 rings (SSSR count). The average Bonchev–Trinajstić information content (AvgIpc) is 3.20. The van der Waals surface area contributed by atoms with Gasteiger partial charge in [-0.3, -0.25) is 0 Å². The van der Waals surface area contributed by atoms with Crippen molar-refractivity contribution in [2.24, 2.45) is 0 Å². The van der Waals surface area contributed by atoms with Gasteiger partial charge in [-0.2, -0.15) is 11.3 Å². The minimum Gasteiger partial charge on any atom is -0.373 e. The van der Waals surface area contributed by atoms with Crippen LogP contribution in [0.5, 0.6) is 0 Å². The van der Waals surface area contributed by atoms with Crippen LogP contribution < -0.4 is 10.2 Å². The summed E-state index contributed by atoms with van der Waals surface area (Å²) in [5.41, 5.74) is 1.36. The van der Waals surface area contributed by atoms with Crippen LogP contribution in [0, 0.1) is 0 Å². The topological polar surface area (TPSA) is 41.0 Å². The average molecular weight is 302 g/mol. The predicted octanol–water partition coefficient (Wildman–Crippen LogP) is 3.87. The van der Waals surface area contributed by atoms with Crippen molar-refractivity contribution in [2.75, 3.05) is 17.3 Å². The van der Waals surface area contributed by atoms with E-state index in [0.29, 0.717) is 12.0 Å². The first kappa shape index (κ1) is 14.3. The van der Waals surface area contributed by atoms with E-state index in [1.54, 1.807) is 11.3 Å². The molecule has 1 aliphatic rings. The standard InChI is InChI=1S/C16H22N4S/c1-11(2)16-18-14(17-3)8-15(19-16)20(13-4-5-13)9-12-6-7-21-10-12/h6-8,10-11,13H,4-5,9H2,1-3H3,(H,17,18,19). The van der Waals surface area contributed by atoms with Gasteiger partial charge in [-0.25, -0.2) is 9.97 Å². The lowest BCUT2D eigenvalue weighted by atomic mass is 10.2. The zero-order chi connectivity index (χ0) is 14.8. The maximum absolute atomic E-state index is 4.80. The lowest BCUT2D eigenvalue weighted by molar-refractivity contribution is 0.736. The number of anilines is 2. The summed E-state index contributed by atoms with van der Waals surface area (Å²) in [6, 6.07) is 4.89. The summed E-state index contributed by atoms with van der Waals surface area (Å²) in [6.07, 6.45) is 2.53. The van der Waals surface area contributed by atoms with Gasteiger partial charge in [0, 0.05) is 31.6 Å². The Balaban J connectivity index is 1.92. The third-order valence-electron chi connectivity index (χ3n) is 3.72. The van der Waals surface area contributed by atoms with Crippen LogP contribution in [-0.4, -0.2) is 23.1 Å². The molecule has 2 aromatic rings. The van der Waals surface area contributed by atoms with E-state index in [1.807, 2.05) is 7.05 Å². The van der Waals surface area contributed by atoms with E-state index in [9.17, 15) is 0 Å². The second-order valence-electron chi connectivity index (χ2n) is 5.86. The van der Waals surface area contributed by atoms with Crippen molar-refractivity contribution in [3.8, 4) is 0 Å². The third-order valence-corrected chi connectivity index (χ3v) is 4.45. The Bertz CT molecular complexity index is 590. The van der Waals surface area contributed by atoms with Crippen molar-refractivity contribution in [1.82, 2.24) is 9.97 Å². The molecule has 0 atom stereocenters. The first-order valence-electron chi connectivity index (χ1n) is 7.52. The van der Waals surface area contributed by atoms with Crippen LogP contribution in [0.3, 0.4) is 0 Å². The Morgan fingerprint density at radius 2 is 2.19 bits per heavy atom. The van der Waals surface area contributed by atoms with Gasteiger partial charge < -0.3 is 10.2 Å². The molecule has 2 aromatic heterocycles. The molecule has 0 amide bonds. The van der Waals surface area contributed by atoms with E-state index >= 15 is 0 Å². The van der Waals surface area contributed by atoms with Crippen molar-refractivity contribution in [3.63, 3.8) is 0 Å². The minimum absolute atomic E-state index is 0.333. The maximum atomic E-state index is 4.80. The predicted molar refractivity (Wildman–Crippen MR) is 89.2 cm³/mol. The molecule has 5 heteroatoms. The van der Waals surface area contributed by atoms with Crippen LogP contribution in [0.4, 0.5) is 11.6 Å². The fourth-order valence-corrected chi connectivity index (χ4v) is 3.01. The highest BCUT2D eigenvalue weighted by Gasteiger charge is 2.30. The zero-order valence-electron chi connectivity index (χ0n) is 12.8. The van der Waals surface area contributed by atoms with Gasteiger partial charge in [-0.1, -0.05) is 13.8 Å². The summed E-state index contributed by atoms with van der Waals surface area (Å²) in [6.45, 7) is 5.21. The Hall–Kier alpha value is -1.62. The molecule has 0 aromatic carbocycles. The Morgan fingerprint density at radius 1 is 1.38 bits per heavy atom. The van der Waals surface area contributed by atoms with E-state index in [4.69, 9.17) is 4.98 Å². The largest absolute Gasteiger partial charge is 0.373 e. The number of thiophene rings is 1. The van der Waals surface area contributed by atoms with Crippen molar-refractivity contribution < 1.29 is 0 Å². The Morgan fingerprint density at radius 3 is 2.76 bits per heavy atom. The van der Waals surface area contributed by atoms with E-state index in [1.165, 1.54) is 18.4 Å². The van der Waals surface area contributed by atoms with Crippen molar-refractivity contribution >= 4 is 23.0 Å². The number of aromatic nitrogens is 2. The van der Waals surface area contributed by atoms with E-state index in [0.717, 1.165) is 24.0 Å².